The van der Waals surface area contributed by atoms with Gasteiger partial charge in [0.2, 0.25) is 0 Å². The Hall–Kier alpha value is -1.32. The third-order valence-electron chi connectivity index (χ3n) is 1.16. The fourth-order valence-electron chi connectivity index (χ4n) is 0.641. The monoisotopic (exact) mass is 168 g/mol. The number of aldehydes is 2. The van der Waals surface area contributed by atoms with Crippen molar-refractivity contribution in [2.45, 2.75) is 12.8 Å². The summed E-state index contributed by atoms with van der Waals surface area (Å²) in [5.41, 5.74) is 0. The van der Waals surface area contributed by atoms with Gasteiger partial charge in [-0.2, -0.15) is 0 Å². The molecule has 0 aliphatic rings. The second kappa shape index (κ2) is 9.68. The molecule has 0 radical (unpaired) electrons. The first-order valence-electron chi connectivity index (χ1n) is 3.79. The van der Waals surface area contributed by atoms with Gasteiger partial charge >= 0.3 is 0 Å². The van der Waals surface area contributed by atoms with E-state index in [9.17, 15) is 9.59 Å². The van der Waals surface area contributed by atoms with Crippen molar-refractivity contribution in [2.24, 2.45) is 9.98 Å². The van der Waals surface area contributed by atoms with Crippen LogP contribution in [0, 0.1) is 0 Å². The molecule has 0 rings (SSSR count). The maximum Gasteiger partial charge on any atom is 0.160 e. The Morgan fingerprint density at radius 3 is 1.58 bits per heavy atom. The smallest absolute Gasteiger partial charge is 0.160 e. The number of aliphatic imine (C=N–C) groups is 2. The summed E-state index contributed by atoms with van der Waals surface area (Å²) < 4.78 is 0. The summed E-state index contributed by atoms with van der Waals surface area (Å²) >= 11 is 0. The molecule has 0 saturated carbocycles. The van der Waals surface area contributed by atoms with Crippen molar-refractivity contribution in [3.05, 3.63) is 0 Å². The molecule has 0 unspecified atom stereocenters. The Bertz CT molecular complexity index is 156. The zero-order chi connectivity index (χ0) is 9.07. The molecule has 0 aromatic rings. The molecular formula is C8H12N2O2. The minimum absolute atomic E-state index is 0.648. The third kappa shape index (κ3) is 8.68. The average Bonchev–Trinajstić information content (AvgIpc) is 2.10. The largest absolute Gasteiger partial charge is 0.297 e. The summed E-state index contributed by atoms with van der Waals surface area (Å²) in [6, 6.07) is 0. The number of nitrogens with zero attached hydrogens (tertiary/aromatic N) is 2. The molecule has 0 aliphatic heterocycles. The summed E-state index contributed by atoms with van der Waals surface area (Å²) in [4.78, 5) is 27.1. The molecule has 4 nitrogen and oxygen atoms in total. The first-order valence-corrected chi connectivity index (χ1v) is 3.79. The summed E-state index contributed by atoms with van der Waals surface area (Å²) in [5.74, 6) is 0. The van der Waals surface area contributed by atoms with Gasteiger partial charge in [0.05, 0.1) is 12.4 Å². The van der Waals surface area contributed by atoms with Gasteiger partial charge in [-0.1, -0.05) is 0 Å². The lowest BCUT2D eigenvalue weighted by atomic mass is 10.3. The number of carbonyl (C=O) groups excluding carboxylic acids is 2. The maximum atomic E-state index is 9.77. The van der Waals surface area contributed by atoms with E-state index >= 15 is 0 Å². The maximum absolute atomic E-state index is 9.77. The number of hydrogen-bond acceptors (Lipinski definition) is 4. The zero-order valence-corrected chi connectivity index (χ0v) is 6.85. The van der Waals surface area contributed by atoms with Gasteiger partial charge in [0.15, 0.2) is 12.6 Å². The van der Waals surface area contributed by atoms with Crippen molar-refractivity contribution < 1.29 is 9.59 Å². The van der Waals surface area contributed by atoms with Crippen LogP contribution in [0.1, 0.15) is 12.8 Å². The van der Waals surface area contributed by atoms with Gasteiger partial charge in [0.1, 0.15) is 0 Å². The highest BCUT2D eigenvalue weighted by Gasteiger charge is 1.83. The normalized spacial score (nSPS) is 11.0. The van der Waals surface area contributed by atoms with E-state index in [0.29, 0.717) is 25.7 Å². The van der Waals surface area contributed by atoms with Crippen molar-refractivity contribution in [1.29, 1.82) is 0 Å². The molecule has 0 amide bonds. The number of hydrogen-bond donors (Lipinski definition) is 0. The summed E-state index contributed by atoms with van der Waals surface area (Å²) in [6.45, 7) is 1.30. The first kappa shape index (κ1) is 10.7. The van der Waals surface area contributed by atoms with Gasteiger partial charge in [-0.3, -0.25) is 19.6 Å². The van der Waals surface area contributed by atoms with Crippen LogP contribution >= 0.6 is 0 Å². The Labute approximate surface area is 71.4 Å². The molecule has 0 fully saturated rings. The van der Waals surface area contributed by atoms with Gasteiger partial charge in [0.25, 0.3) is 0 Å². The molecule has 0 aromatic carbocycles. The molecule has 0 atom stereocenters. The average molecular weight is 168 g/mol. The molecule has 0 spiro atoms. The van der Waals surface area contributed by atoms with Gasteiger partial charge < -0.3 is 0 Å². The predicted molar refractivity (Wildman–Crippen MR) is 48.1 cm³/mol. The quantitative estimate of drug-likeness (QED) is 0.312. The molecular weight excluding hydrogens is 156 g/mol. The second-order valence-corrected chi connectivity index (χ2v) is 2.09. The molecule has 0 bridgehead atoms. The van der Waals surface area contributed by atoms with E-state index in [1.165, 1.54) is 12.4 Å². The molecule has 0 aliphatic carbocycles. The van der Waals surface area contributed by atoms with E-state index in [2.05, 4.69) is 9.98 Å². The second-order valence-electron chi connectivity index (χ2n) is 2.09. The van der Waals surface area contributed by atoms with Gasteiger partial charge in [0, 0.05) is 13.1 Å². The van der Waals surface area contributed by atoms with Crippen molar-refractivity contribution in [2.75, 3.05) is 13.1 Å². The van der Waals surface area contributed by atoms with E-state index in [0.717, 1.165) is 12.8 Å². The fourth-order valence-corrected chi connectivity index (χ4v) is 0.641. The number of unbranched alkanes of at least 4 members (excludes halogenated alkanes) is 1. The SMILES string of the molecule is O=CC=NCCCCN=CC=O. The molecule has 12 heavy (non-hydrogen) atoms. The molecule has 0 heterocycles. The van der Waals surface area contributed by atoms with Crippen molar-refractivity contribution in [3.63, 3.8) is 0 Å². The van der Waals surface area contributed by atoms with E-state index in [1.807, 2.05) is 0 Å². The standard InChI is InChI=1S/C8H12N2O2/c11-7-5-9-3-1-2-4-10-6-8-12/h5-8H,1-4H2. The van der Waals surface area contributed by atoms with Crippen LogP contribution in [-0.2, 0) is 9.59 Å². The van der Waals surface area contributed by atoms with Crippen LogP contribution in [0.15, 0.2) is 9.98 Å². The molecule has 66 valence electrons. The third-order valence-corrected chi connectivity index (χ3v) is 1.16. The fraction of sp³-hybridized carbons (Fsp3) is 0.500. The summed E-state index contributed by atoms with van der Waals surface area (Å²) in [7, 11) is 0. The van der Waals surface area contributed by atoms with Crippen LogP contribution < -0.4 is 0 Å². The number of rotatable bonds is 7. The lowest BCUT2D eigenvalue weighted by Crippen LogP contribution is -1.87. The van der Waals surface area contributed by atoms with E-state index in [4.69, 9.17) is 0 Å². The molecule has 4 heteroatoms. The predicted octanol–water partition coefficient (Wildman–Crippen LogP) is 0.306. The lowest BCUT2D eigenvalue weighted by molar-refractivity contribution is -0.103. The summed E-state index contributed by atoms with van der Waals surface area (Å²) in [6.07, 6.45) is 5.58. The van der Waals surface area contributed by atoms with Crippen LogP contribution in [-0.4, -0.2) is 38.1 Å². The molecule has 0 aromatic heterocycles. The van der Waals surface area contributed by atoms with Crippen LogP contribution in [0.4, 0.5) is 0 Å². The zero-order valence-electron chi connectivity index (χ0n) is 6.85. The molecule has 0 N–H and O–H groups in total. The van der Waals surface area contributed by atoms with Crippen molar-refractivity contribution in [3.8, 4) is 0 Å². The Morgan fingerprint density at radius 1 is 0.833 bits per heavy atom. The summed E-state index contributed by atoms with van der Waals surface area (Å²) in [5, 5.41) is 0. The van der Waals surface area contributed by atoms with Gasteiger partial charge in [-0.15, -0.1) is 0 Å². The van der Waals surface area contributed by atoms with E-state index in [-0.39, 0.29) is 0 Å². The van der Waals surface area contributed by atoms with Crippen LogP contribution in [0.5, 0.6) is 0 Å². The highest BCUT2D eigenvalue weighted by molar-refractivity contribution is 6.13. The van der Waals surface area contributed by atoms with Gasteiger partial charge in [-0.05, 0) is 12.8 Å². The van der Waals surface area contributed by atoms with E-state index in [1.54, 1.807) is 0 Å². The van der Waals surface area contributed by atoms with Crippen LogP contribution in [0.3, 0.4) is 0 Å². The minimum Gasteiger partial charge on any atom is -0.297 e. The Kier molecular flexibility index (Phi) is 8.62. The van der Waals surface area contributed by atoms with Crippen LogP contribution in [0.2, 0.25) is 0 Å². The minimum atomic E-state index is 0.648. The molecule has 0 saturated heterocycles. The topological polar surface area (TPSA) is 58.9 Å². The van der Waals surface area contributed by atoms with Crippen molar-refractivity contribution in [1.82, 2.24) is 0 Å². The van der Waals surface area contributed by atoms with E-state index < -0.39 is 0 Å². The van der Waals surface area contributed by atoms with Crippen molar-refractivity contribution >= 4 is 25.0 Å². The Morgan fingerprint density at radius 2 is 1.25 bits per heavy atom. The van der Waals surface area contributed by atoms with Gasteiger partial charge in [-0.25, -0.2) is 0 Å². The van der Waals surface area contributed by atoms with Crippen LogP contribution in [0.25, 0.3) is 0 Å². The number of carbonyl (C=O) groups is 2. The Balaban J connectivity index is 3.10. The highest BCUT2D eigenvalue weighted by Crippen LogP contribution is 1.88. The highest BCUT2D eigenvalue weighted by atomic mass is 16.1. The lowest BCUT2D eigenvalue weighted by Gasteiger charge is -1.90. The first-order chi connectivity index (χ1) is 5.91.